The molecule has 1 heterocycles. The third-order valence-corrected chi connectivity index (χ3v) is 4.45. The average Bonchev–Trinajstić information content (AvgIpc) is 2.74. The van der Waals surface area contributed by atoms with E-state index in [1.54, 1.807) is 0 Å². The van der Waals surface area contributed by atoms with Crippen LogP contribution < -0.4 is 4.90 Å². The van der Waals surface area contributed by atoms with Crippen molar-refractivity contribution in [3.63, 3.8) is 0 Å². The fourth-order valence-electron chi connectivity index (χ4n) is 2.11. The van der Waals surface area contributed by atoms with Crippen LogP contribution in [0.25, 0.3) is 0 Å². The van der Waals surface area contributed by atoms with Gasteiger partial charge in [0.2, 0.25) is 0 Å². The molecule has 108 valence electrons. The molecular weight excluding hydrogens is 260 g/mol. The molecule has 0 aliphatic heterocycles. The van der Waals surface area contributed by atoms with Crippen molar-refractivity contribution in [1.82, 2.24) is 4.98 Å². The second kappa shape index (κ2) is 5.90. The van der Waals surface area contributed by atoms with Gasteiger partial charge in [0.15, 0.2) is 5.13 Å². The minimum Gasteiger partial charge on any atom is -0.477 e. The lowest BCUT2D eigenvalue weighted by atomic mass is 9.91. The van der Waals surface area contributed by atoms with Crippen LogP contribution in [0.4, 0.5) is 5.13 Å². The maximum absolute atomic E-state index is 11.4. The second-order valence-corrected chi connectivity index (χ2v) is 6.79. The maximum Gasteiger partial charge on any atom is 0.347 e. The van der Waals surface area contributed by atoms with Crippen molar-refractivity contribution in [3.05, 3.63) is 10.6 Å². The first kappa shape index (κ1) is 16.0. The quantitative estimate of drug-likeness (QED) is 0.894. The van der Waals surface area contributed by atoms with E-state index < -0.39 is 5.97 Å². The van der Waals surface area contributed by atoms with Gasteiger partial charge in [0.05, 0.1) is 5.69 Å². The van der Waals surface area contributed by atoms with Gasteiger partial charge in [-0.3, -0.25) is 0 Å². The Labute approximate surface area is 119 Å². The predicted molar refractivity (Wildman–Crippen MR) is 80.5 cm³/mol. The lowest BCUT2D eigenvalue weighted by molar-refractivity contribution is 0.0699. The highest BCUT2D eigenvalue weighted by molar-refractivity contribution is 7.17. The van der Waals surface area contributed by atoms with Crippen molar-refractivity contribution in [2.75, 3.05) is 11.9 Å². The Morgan fingerprint density at radius 2 is 1.89 bits per heavy atom. The van der Waals surface area contributed by atoms with E-state index in [1.807, 2.05) is 27.8 Å². The zero-order valence-electron chi connectivity index (χ0n) is 12.6. The number of aromatic carboxylic acids is 1. The molecule has 0 saturated heterocycles. The van der Waals surface area contributed by atoms with Gasteiger partial charge in [0.1, 0.15) is 4.88 Å². The zero-order chi connectivity index (χ0) is 14.8. The summed E-state index contributed by atoms with van der Waals surface area (Å²) in [5.74, 6) is -0.883. The fourth-order valence-corrected chi connectivity index (χ4v) is 3.25. The van der Waals surface area contributed by atoms with E-state index in [-0.39, 0.29) is 5.41 Å². The molecule has 0 aromatic carbocycles. The van der Waals surface area contributed by atoms with Gasteiger partial charge in [0.25, 0.3) is 0 Å². The molecule has 1 aromatic heterocycles. The Hall–Kier alpha value is -1.10. The molecule has 1 N–H and O–H groups in total. The molecule has 19 heavy (non-hydrogen) atoms. The third kappa shape index (κ3) is 3.47. The minimum atomic E-state index is -0.883. The lowest BCUT2D eigenvalue weighted by Crippen LogP contribution is -2.30. The molecule has 0 aliphatic carbocycles. The van der Waals surface area contributed by atoms with Gasteiger partial charge < -0.3 is 10.0 Å². The van der Waals surface area contributed by atoms with Crippen LogP contribution in [0.3, 0.4) is 0 Å². The molecule has 4 nitrogen and oxygen atoms in total. The van der Waals surface area contributed by atoms with Gasteiger partial charge in [-0.1, -0.05) is 46.0 Å². The number of hydrogen-bond acceptors (Lipinski definition) is 4. The Bertz CT molecular complexity index is 445. The third-order valence-electron chi connectivity index (χ3n) is 3.31. The van der Waals surface area contributed by atoms with Crippen LogP contribution in [0, 0.1) is 0 Å². The van der Waals surface area contributed by atoms with E-state index in [2.05, 4.69) is 23.7 Å². The molecule has 0 amide bonds. The van der Waals surface area contributed by atoms with Crippen LogP contribution in [0.1, 0.15) is 62.8 Å². The molecule has 1 aromatic rings. The van der Waals surface area contributed by atoms with E-state index in [1.165, 1.54) is 11.3 Å². The van der Waals surface area contributed by atoms with E-state index in [0.29, 0.717) is 16.6 Å². The van der Waals surface area contributed by atoms with Crippen LogP contribution in [-0.4, -0.2) is 29.1 Å². The highest BCUT2D eigenvalue weighted by Gasteiger charge is 2.28. The normalized spacial score (nSPS) is 11.9. The first-order valence-electron chi connectivity index (χ1n) is 6.69. The summed E-state index contributed by atoms with van der Waals surface area (Å²) in [6.45, 7) is 10.3. The monoisotopic (exact) mass is 284 g/mol. The number of carboxylic acid groups (broad SMARTS) is 1. The van der Waals surface area contributed by atoms with Gasteiger partial charge in [0, 0.05) is 18.5 Å². The first-order chi connectivity index (χ1) is 8.72. The second-order valence-electron chi connectivity index (χ2n) is 5.81. The number of thiazole rings is 1. The number of rotatable bonds is 5. The Morgan fingerprint density at radius 1 is 1.37 bits per heavy atom. The van der Waals surface area contributed by atoms with E-state index in [9.17, 15) is 9.90 Å². The molecule has 0 spiro atoms. The predicted octanol–water partition coefficient (Wildman–Crippen LogP) is 3.76. The van der Waals surface area contributed by atoms with Gasteiger partial charge in [-0.15, -0.1) is 0 Å². The zero-order valence-corrected chi connectivity index (χ0v) is 13.5. The summed E-state index contributed by atoms with van der Waals surface area (Å²) in [5, 5.41) is 10.1. The summed E-state index contributed by atoms with van der Waals surface area (Å²) in [5.41, 5.74) is 0.426. The molecule has 0 radical (unpaired) electrons. The molecule has 0 bridgehead atoms. The Morgan fingerprint density at radius 3 is 2.21 bits per heavy atom. The number of anilines is 1. The van der Waals surface area contributed by atoms with Crippen molar-refractivity contribution in [1.29, 1.82) is 0 Å². The molecule has 0 unspecified atom stereocenters. The van der Waals surface area contributed by atoms with Crippen molar-refractivity contribution in [2.45, 2.75) is 58.9 Å². The van der Waals surface area contributed by atoms with Crippen LogP contribution >= 0.6 is 11.3 Å². The largest absolute Gasteiger partial charge is 0.477 e. The standard InChI is InChI=1S/C14H24N2O2S/c1-7-9(8-2)16(6)13-15-11(14(3,4)5)10(19-13)12(17)18/h9H,7-8H2,1-6H3,(H,17,18). The highest BCUT2D eigenvalue weighted by atomic mass is 32.1. The van der Waals surface area contributed by atoms with Gasteiger partial charge >= 0.3 is 5.97 Å². The van der Waals surface area contributed by atoms with E-state index in [4.69, 9.17) is 0 Å². The van der Waals surface area contributed by atoms with Crippen molar-refractivity contribution < 1.29 is 9.90 Å². The number of carbonyl (C=O) groups is 1. The summed E-state index contributed by atoms with van der Waals surface area (Å²) in [6, 6.07) is 0.403. The van der Waals surface area contributed by atoms with Crippen LogP contribution in [0.5, 0.6) is 0 Å². The first-order valence-corrected chi connectivity index (χ1v) is 7.51. The molecular formula is C14H24N2O2S. The summed E-state index contributed by atoms with van der Waals surface area (Å²) >= 11 is 1.28. The van der Waals surface area contributed by atoms with Crippen LogP contribution in [0.15, 0.2) is 0 Å². The van der Waals surface area contributed by atoms with Gasteiger partial charge in [-0.25, -0.2) is 9.78 Å². The Balaban J connectivity index is 3.22. The molecule has 0 saturated carbocycles. The number of nitrogens with zero attached hydrogens (tertiary/aromatic N) is 2. The van der Waals surface area contributed by atoms with E-state index in [0.717, 1.165) is 18.0 Å². The summed E-state index contributed by atoms with van der Waals surface area (Å²) < 4.78 is 0. The highest BCUT2D eigenvalue weighted by Crippen LogP contribution is 2.34. The summed E-state index contributed by atoms with van der Waals surface area (Å²) in [4.78, 5) is 18.4. The SMILES string of the molecule is CCC(CC)N(C)c1nc(C(C)(C)C)c(C(=O)O)s1. The lowest BCUT2D eigenvalue weighted by Gasteiger charge is -2.25. The topological polar surface area (TPSA) is 53.4 Å². The van der Waals surface area contributed by atoms with Crippen molar-refractivity contribution in [3.8, 4) is 0 Å². The average molecular weight is 284 g/mol. The summed E-state index contributed by atoms with van der Waals surface area (Å²) in [7, 11) is 1.99. The van der Waals surface area contributed by atoms with Crippen LogP contribution in [0.2, 0.25) is 0 Å². The fraction of sp³-hybridized carbons (Fsp3) is 0.714. The van der Waals surface area contributed by atoms with Crippen molar-refractivity contribution in [2.24, 2.45) is 0 Å². The summed E-state index contributed by atoms with van der Waals surface area (Å²) in [6.07, 6.45) is 2.06. The Kier molecular flexibility index (Phi) is 4.96. The molecule has 0 fully saturated rings. The number of aromatic nitrogens is 1. The van der Waals surface area contributed by atoms with Crippen LogP contribution in [-0.2, 0) is 5.41 Å². The van der Waals surface area contributed by atoms with Gasteiger partial charge in [-0.2, -0.15) is 0 Å². The maximum atomic E-state index is 11.4. The van der Waals surface area contributed by atoms with E-state index >= 15 is 0 Å². The smallest absolute Gasteiger partial charge is 0.347 e. The molecule has 1 rings (SSSR count). The number of carboxylic acids is 1. The molecule has 0 aliphatic rings. The molecule has 0 atom stereocenters. The van der Waals surface area contributed by atoms with Gasteiger partial charge in [-0.05, 0) is 12.8 Å². The number of hydrogen-bond donors (Lipinski definition) is 1. The minimum absolute atomic E-state index is 0.253. The molecule has 5 heteroatoms. The van der Waals surface area contributed by atoms with Crippen molar-refractivity contribution >= 4 is 22.4 Å².